The van der Waals surface area contributed by atoms with Gasteiger partial charge in [-0.1, -0.05) is 6.08 Å². The van der Waals surface area contributed by atoms with Gasteiger partial charge in [-0.3, -0.25) is 0 Å². The molecule has 0 aromatic heterocycles. The summed E-state index contributed by atoms with van der Waals surface area (Å²) in [5.74, 6) is -0.847. The third kappa shape index (κ3) is 2.57. The van der Waals surface area contributed by atoms with Crippen molar-refractivity contribution in [1.29, 1.82) is 0 Å². The first-order valence-electron chi connectivity index (χ1n) is 7.37. The van der Waals surface area contributed by atoms with Gasteiger partial charge < -0.3 is 19.7 Å². The minimum absolute atomic E-state index is 0.0430. The molecule has 1 aromatic carbocycles. The maximum Gasteiger partial charge on any atom is 0.336 e. The lowest BCUT2D eigenvalue weighted by Crippen LogP contribution is -2.33. The highest BCUT2D eigenvalue weighted by atomic mass is 16.6. The number of carboxylic acids is 1. The molecule has 2 heterocycles. The largest absolute Gasteiger partial charge is 0.504 e. The normalized spacial score (nSPS) is 27.9. The molecule has 1 saturated heterocycles. The van der Waals surface area contributed by atoms with Gasteiger partial charge in [0.05, 0.1) is 17.3 Å². The molecule has 5 nitrogen and oxygen atoms in total. The van der Waals surface area contributed by atoms with Crippen molar-refractivity contribution in [2.24, 2.45) is 0 Å². The van der Waals surface area contributed by atoms with Crippen molar-refractivity contribution in [1.82, 2.24) is 0 Å². The molecule has 2 N–H and O–H groups in total. The number of benzene rings is 1. The molecule has 0 amide bonds. The minimum atomic E-state index is -1.04. The molecule has 1 fully saturated rings. The number of ether oxygens (including phenoxy) is 2. The molecule has 2 atom stereocenters. The number of phenols is 1. The van der Waals surface area contributed by atoms with Gasteiger partial charge in [-0.25, -0.2) is 4.79 Å². The van der Waals surface area contributed by atoms with E-state index in [4.69, 9.17) is 9.47 Å². The van der Waals surface area contributed by atoms with E-state index in [0.29, 0.717) is 5.56 Å². The summed E-state index contributed by atoms with van der Waals surface area (Å²) < 4.78 is 11.5. The van der Waals surface area contributed by atoms with Crippen LogP contribution in [0.25, 0.3) is 6.08 Å². The van der Waals surface area contributed by atoms with E-state index < -0.39 is 11.6 Å². The van der Waals surface area contributed by atoms with Crippen LogP contribution >= 0.6 is 0 Å². The van der Waals surface area contributed by atoms with Crippen molar-refractivity contribution >= 4 is 12.0 Å². The molecule has 2 aliphatic heterocycles. The Morgan fingerprint density at radius 3 is 2.59 bits per heavy atom. The lowest BCUT2D eigenvalue weighted by molar-refractivity contribution is 0.0693. The van der Waals surface area contributed by atoms with Crippen molar-refractivity contribution in [3.05, 3.63) is 29.3 Å². The zero-order valence-corrected chi connectivity index (χ0v) is 12.9. The van der Waals surface area contributed by atoms with Crippen LogP contribution in [0.1, 0.15) is 49.5 Å². The van der Waals surface area contributed by atoms with Crippen LogP contribution in [0.15, 0.2) is 18.2 Å². The Balaban J connectivity index is 1.82. The molecule has 0 spiro atoms. The average molecular weight is 304 g/mol. The predicted molar refractivity (Wildman–Crippen MR) is 81.3 cm³/mol. The molecule has 0 bridgehead atoms. The van der Waals surface area contributed by atoms with E-state index in [1.807, 2.05) is 13.0 Å². The van der Waals surface area contributed by atoms with Gasteiger partial charge >= 0.3 is 5.97 Å². The Labute approximate surface area is 129 Å². The Hall–Kier alpha value is -2.01. The molecule has 0 radical (unpaired) electrons. The summed E-state index contributed by atoms with van der Waals surface area (Å²) in [6, 6.07) is 2.74. The van der Waals surface area contributed by atoms with Crippen LogP contribution in [-0.2, 0) is 4.74 Å². The standard InChI is InChI=1S/C17H20O5/c1-16(2)13(21-16)7-9-17(3)8-6-10-11(15(19)20)4-5-12(18)14(10)22-17/h4-6,8,13,18H,7,9H2,1-3H3,(H,19,20). The molecule has 2 unspecified atom stereocenters. The summed E-state index contributed by atoms with van der Waals surface area (Å²) in [5.41, 5.74) is -0.111. The van der Waals surface area contributed by atoms with Gasteiger partial charge in [-0.15, -0.1) is 0 Å². The second-order valence-electron chi connectivity index (χ2n) is 6.68. The predicted octanol–water partition coefficient (Wildman–Crippen LogP) is 3.21. The second kappa shape index (κ2) is 4.74. The van der Waals surface area contributed by atoms with Gasteiger partial charge in [0, 0.05) is 5.56 Å². The Kier molecular flexibility index (Phi) is 3.22. The van der Waals surface area contributed by atoms with Gasteiger partial charge in [0.25, 0.3) is 0 Å². The zero-order valence-electron chi connectivity index (χ0n) is 12.9. The number of phenolic OH excluding ortho intramolecular Hbond substituents is 1. The van der Waals surface area contributed by atoms with Crippen LogP contribution in [0, 0.1) is 0 Å². The highest BCUT2D eigenvalue weighted by molar-refractivity contribution is 5.94. The van der Waals surface area contributed by atoms with Crippen LogP contribution < -0.4 is 4.74 Å². The average Bonchev–Trinajstić information content (AvgIpc) is 3.05. The van der Waals surface area contributed by atoms with Crippen molar-refractivity contribution in [3.8, 4) is 11.5 Å². The molecular weight excluding hydrogens is 284 g/mol. The third-order valence-electron chi connectivity index (χ3n) is 4.41. The molecule has 2 aliphatic rings. The van der Waals surface area contributed by atoms with Gasteiger partial charge in [-0.05, 0) is 51.8 Å². The SMILES string of the molecule is CC1(CCC2OC2(C)C)C=Cc2c(C(=O)O)ccc(O)c2O1. The summed E-state index contributed by atoms with van der Waals surface area (Å²) in [5, 5.41) is 19.2. The smallest absolute Gasteiger partial charge is 0.336 e. The Bertz CT molecular complexity index is 661. The van der Waals surface area contributed by atoms with Gasteiger partial charge in [0.15, 0.2) is 11.5 Å². The van der Waals surface area contributed by atoms with Gasteiger partial charge in [-0.2, -0.15) is 0 Å². The Morgan fingerprint density at radius 2 is 2.00 bits per heavy atom. The van der Waals surface area contributed by atoms with Crippen molar-refractivity contribution in [2.45, 2.75) is 50.9 Å². The number of hydrogen-bond acceptors (Lipinski definition) is 4. The fourth-order valence-electron chi connectivity index (χ4n) is 2.87. The fourth-order valence-corrected chi connectivity index (χ4v) is 2.87. The number of rotatable bonds is 4. The van der Waals surface area contributed by atoms with Crippen LogP contribution in [0.3, 0.4) is 0 Å². The van der Waals surface area contributed by atoms with E-state index in [-0.39, 0.29) is 28.8 Å². The van der Waals surface area contributed by atoms with E-state index in [0.717, 1.165) is 12.8 Å². The number of carbonyl (C=O) groups is 1. The monoisotopic (exact) mass is 304 g/mol. The van der Waals surface area contributed by atoms with Crippen molar-refractivity contribution in [2.75, 3.05) is 0 Å². The van der Waals surface area contributed by atoms with Crippen LogP contribution in [0.4, 0.5) is 0 Å². The Morgan fingerprint density at radius 1 is 1.32 bits per heavy atom. The lowest BCUT2D eigenvalue weighted by atomic mass is 9.91. The van der Waals surface area contributed by atoms with E-state index in [2.05, 4.69) is 13.8 Å². The third-order valence-corrected chi connectivity index (χ3v) is 4.41. The minimum Gasteiger partial charge on any atom is -0.504 e. The highest BCUT2D eigenvalue weighted by Gasteiger charge is 2.48. The number of fused-ring (bicyclic) bond motifs is 1. The first-order chi connectivity index (χ1) is 10.2. The van der Waals surface area contributed by atoms with Crippen LogP contribution in [-0.4, -0.2) is 33.5 Å². The summed E-state index contributed by atoms with van der Waals surface area (Å²) in [6.07, 6.45) is 5.38. The molecular formula is C17H20O5. The van der Waals surface area contributed by atoms with Crippen LogP contribution in [0.2, 0.25) is 0 Å². The molecule has 0 saturated carbocycles. The molecule has 3 rings (SSSR count). The molecule has 5 heteroatoms. The fraction of sp³-hybridized carbons (Fsp3) is 0.471. The van der Waals surface area contributed by atoms with E-state index in [1.165, 1.54) is 12.1 Å². The first kappa shape index (κ1) is 14.9. The number of aromatic carboxylic acids is 1. The topological polar surface area (TPSA) is 79.3 Å². The molecule has 118 valence electrons. The van der Waals surface area contributed by atoms with Crippen molar-refractivity contribution in [3.63, 3.8) is 0 Å². The molecule has 22 heavy (non-hydrogen) atoms. The number of hydrogen-bond donors (Lipinski definition) is 2. The summed E-state index contributed by atoms with van der Waals surface area (Å²) in [4.78, 5) is 11.3. The summed E-state index contributed by atoms with van der Waals surface area (Å²) in [7, 11) is 0. The lowest BCUT2D eigenvalue weighted by Gasteiger charge is -2.32. The maximum absolute atomic E-state index is 11.3. The van der Waals surface area contributed by atoms with Crippen molar-refractivity contribution < 1.29 is 24.5 Å². The van der Waals surface area contributed by atoms with Crippen LogP contribution in [0.5, 0.6) is 11.5 Å². The van der Waals surface area contributed by atoms with Gasteiger partial charge in [0.2, 0.25) is 0 Å². The quantitative estimate of drug-likeness (QED) is 0.835. The number of epoxide rings is 1. The maximum atomic E-state index is 11.3. The highest BCUT2D eigenvalue weighted by Crippen LogP contribution is 2.44. The number of carboxylic acid groups (broad SMARTS) is 1. The summed E-state index contributed by atoms with van der Waals surface area (Å²) in [6.45, 7) is 6.03. The summed E-state index contributed by atoms with van der Waals surface area (Å²) >= 11 is 0. The second-order valence-corrected chi connectivity index (χ2v) is 6.68. The van der Waals surface area contributed by atoms with E-state index in [9.17, 15) is 15.0 Å². The molecule has 0 aliphatic carbocycles. The first-order valence-corrected chi connectivity index (χ1v) is 7.37. The zero-order chi connectivity index (χ0) is 16.1. The van der Waals surface area contributed by atoms with E-state index >= 15 is 0 Å². The van der Waals surface area contributed by atoms with E-state index in [1.54, 1.807) is 6.08 Å². The number of aromatic hydroxyl groups is 1. The molecule has 1 aromatic rings. The van der Waals surface area contributed by atoms with Gasteiger partial charge in [0.1, 0.15) is 5.60 Å².